The van der Waals surface area contributed by atoms with E-state index in [4.69, 9.17) is 0 Å². The van der Waals surface area contributed by atoms with Gasteiger partial charge in [0.15, 0.2) is 0 Å². The molecule has 2 nitrogen and oxygen atoms in total. The number of alkyl halides is 1. The summed E-state index contributed by atoms with van der Waals surface area (Å²) < 4.78 is 0. The summed E-state index contributed by atoms with van der Waals surface area (Å²) >= 11 is 3.58. The van der Waals surface area contributed by atoms with E-state index >= 15 is 0 Å². The van der Waals surface area contributed by atoms with E-state index in [1.54, 1.807) is 0 Å². The van der Waals surface area contributed by atoms with Gasteiger partial charge in [-0.05, 0) is 22.8 Å². The van der Waals surface area contributed by atoms with Crippen molar-refractivity contribution < 1.29 is 4.79 Å². The minimum Gasteiger partial charge on any atom is -0.351 e. The third-order valence-electron chi connectivity index (χ3n) is 3.22. The molecule has 0 aliphatic rings. The molecule has 0 radical (unpaired) electrons. The van der Waals surface area contributed by atoms with Crippen LogP contribution in [0.3, 0.4) is 0 Å². The largest absolute Gasteiger partial charge is 0.351 e. The van der Waals surface area contributed by atoms with Crippen LogP contribution in [0.15, 0.2) is 42.5 Å². The Hall–Kier alpha value is -1.35. The van der Waals surface area contributed by atoms with Crippen LogP contribution in [0.4, 0.5) is 0 Å². The van der Waals surface area contributed by atoms with E-state index < -0.39 is 0 Å². The van der Waals surface area contributed by atoms with Gasteiger partial charge in [-0.1, -0.05) is 66.2 Å². The van der Waals surface area contributed by atoms with Gasteiger partial charge in [-0.2, -0.15) is 0 Å². The summed E-state index contributed by atoms with van der Waals surface area (Å²) in [5.74, 6) is 0.481. The van der Waals surface area contributed by atoms with Crippen LogP contribution >= 0.6 is 15.9 Å². The number of carbonyl (C=O) groups excluding carboxylic acids is 1. The first-order chi connectivity index (χ1) is 9.09. The average Bonchev–Trinajstić information content (AvgIpc) is 2.43. The molecule has 0 heterocycles. The highest BCUT2D eigenvalue weighted by atomic mass is 79.9. The van der Waals surface area contributed by atoms with E-state index in [1.807, 2.05) is 42.5 Å². The standard InChI is InChI=1S/C16H18BrNO/c1-11(2)15(17)10-18-16(19)14-9-5-7-12-6-3-4-8-13(12)14/h3-9,11,15H,10H2,1-2H3,(H,18,19). The van der Waals surface area contributed by atoms with Gasteiger partial charge in [0, 0.05) is 16.9 Å². The van der Waals surface area contributed by atoms with Crippen molar-refractivity contribution >= 4 is 32.6 Å². The van der Waals surface area contributed by atoms with Crippen molar-refractivity contribution in [3.63, 3.8) is 0 Å². The number of amides is 1. The molecular formula is C16H18BrNO. The lowest BCUT2D eigenvalue weighted by molar-refractivity contribution is 0.0954. The molecule has 0 bridgehead atoms. The van der Waals surface area contributed by atoms with Gasteiger partial charge in [0.05, 0.1) is 0 Å². The SMILES string of the molecule is CC(C)C(Br)CNC(=O)c1cccc2ccccc12. The second-order valence-electron chi connectivity index (χ2n) is 5.00. The fraction of sp³-hybridized carbons (Fsp3) is 0.312. The first kappa shape index (κ1) is 14.1. The van der Waals surface area contributed by atoms with Gasteiger partial charge in [0.2, 0.25) is 0 Å². The van der Waals surface area contributed by atoms with Gasteiger partial charge in [-0.25, -0.2) is 0 Å². The third kappa shape index (κ3) is 3.35. The van der Waals surface area contributed by atoms with Gasteiger partial charge in [-0.3, -0.25) is 4.79 Å². The molecule has 3 heteroatoms. The second kappa shape index (κ2) is 6.20. The maximum Gasteiger partial charge on any atom is 0.251 e. The lowest BCUT2D eigenvalue weighted by Gasteiger charge is -2.15. The molecule has 1 atom stereocenters. The molecular weight excluding hydrogens is 302 g/mol. The zero-order valence-corrected chi connectivity index (χ0v) is 12.8. The van der Waals surface area contributed by atoms with E-state index in [-0.39, 0.29) is 5.91 Å². The van der Waals surface area contributed by atoms with Gasteiger partial charge in [0.1, 0.15) is 0 Å². The van der Waals surface area contributed by atoms with Crippen LogP contribution in [0.2, 0.25) is 0 Å². The summed E-state index contributed by atoms with van der Waals surface area (Å²) in [6.45, 7) is 4.90. The van der Waals surface area contributed by atoms with E-state index in [9.17, 15) is 4.79 Å². The lowest BCUT2D eigenvalue weighted by atomic mass is 10.0. The van der Waals surface area contributed by atoms with E-state index in [1.165, 1.54) is 0 Å². The fourth-order valence-corrected chi connectivity index (χ4v) is 2.11. The molecule has 0 aromatic heterocycles. The van der Waals surface area contributed by atoms with Crippen molar-refractivity contribution in [2.24, 2.45) is 5.92 Å². The summed E-state index contributed by atoms with van der Waals surface area (Å²) in [5.41, 5.74) is 0.738. The molecule has 100 valence electrons. The van der Waals surface area contributed by atoms with E-state index in [0.717, 1.165) is 16.3 Å². The van der Waals surface area contributed by atoms with Gasteiger partial charge >= 0.3 is 0 Å². The molecule has 0 saturated carbocycles. The molecule has 2 aromatic rings. The molecule has 2 rings (SSSR count). The highest BCUT2D eigenvalue weighted by Crippen LogP contribution is 2.18. The Labute approximate surface area is 122 Å². The number of hydrogen-bond donors (Lipinski definition) is 1. The predicted octanol–water partition coefficient (Wildman–Crippen LogP) is 3.99. The van der Waals surface area contributed by atoms with Crippen molar-refractivity contribution in [3.8, 4) is 0 Å². The summed E-state index contributed by atoms with van der Waals surface area (Å²) in [7, 11) is 0. The molecule has 0 spiro atoms. The van der Waals surface area contributed by atoms with Crippen molar-refractivity contribution in [1.82, 2.24) is 5.32 Å². The normalized spacial score (nSPS) is 12.6. The van der Waals surface area contributed by atoms with Crippen LogP contribution in [0, 0.1) is 5.92 Å². The van der Waals surface area contributed by atoms with Crippen LogP contribution in [0.1, 0.15) is 24.2 Å². The Balaban J connectivity index is 2.18. The second-order valence-corrected chi connectivity index (χ2v) is 6.17. The van der Waals surface area contributed by atoms with E-state index in [2.05, 4.69) is 35.1 Å². The van der Waals surface area contributed by atoms with Crippen LogP contribution in [0.25, 0.3) is 10.8 Å². The van der Waals surface area contributed by atoms with Crippen molar-refractivity contribution in [2.45, 2.75) is 18.7 Å². The Morgan fingerprint density at radius 3 is 2.58 bits per heavy atom. The molecule has 19 heavy (non-hydrogen) atoms. The Bertz CT molecular complexity index is 574. The van der Waals surface area contributed by atoms with Crippen molar-refractivity contribution in [3.05, 3.63) is 48.0 Å². The highest BCUT2D eigenvalue weighted by molar-refractivity contribution is 9.09. The topological polar surface area (TPSA) is 29.1 Å². The third-order valence-corrected chi connectivity index (χ3v) is 4.60. The quantitative estimate of drug-likeness (QED) is 0.848. The predicted molar refractivity (Wildman–Crippen MR) is 83.8 cm³/mol. The van der Waals surface area contributed by atoms with E-state index in [0.29, 0.717) is 17.3 Å². The van der Waals surface area contributed by atoms with Crippen LogP contribution in [-0.4, -0.2) is 17.3 Å². The molecule has 0 aliphatic heterocycles. The summed E-state index contributed by atoms with van der Waals surface area (Å²) in [6.07, 6.45) is 0. The zero-order chi connectivity index (χ0) is 13.8. The molecule has 0 fully saturated rings. The molecule has 1 N–H and O–H groups in total. The smallest absolute Gasteiger partial charge is 0.251 e. The van der Waals surface area contributed by atoms with Crippen molar-refractivity contribution in [1.29, 1.82) is 0 Å². The molecule has 0 aliphatic carbocycles. The van der Waals surface area contributed by atoms with Crippen LogP contribution in [-0.2, 0) is 0 Å². The first-order valence-electron chi connectivity index (χ1n) is 6.49. The Morgan fingerprint density at radius 2 is 1.84 bits per heavy atom. The number of fused-ring (bicyclic) bond motifs is 1. The number of nitrogens with one attached hydrogen (secondary N) is 1. The van der Waals surface area contributed by atoms with Crippen LogP contribution in [0.5, 0.6) is 0 Å². The molecule has 2 aromatic carbocycles. The lowest BCUT2D eigenvalue weighted by Crippen LogP contribution is -2.31. The minimum atomic E-state index is -0.0121. The molecule has 0 saturated heterocycles. The summed E-state index contributed by atoms with van der Waals surface area (Å²) in [4.78, 5) is 12.6. The monoisotopic (exact) mass is 319 g/mol. The molecule has 1 unspecified atom stereocenters. The number of carbonyl (C=O) groups is 1. The number of halogens is 1. The number of hydrogen-bond acceptors (Lipinski definition) is 1. The maximum absolute atomic E-state index is 12.3. The van der Waals surface area contributed by atoms with Gasteiger partial charge < -0.3 is 5.32 Å². The minimum absolute atomic E-state index is 0.0121. The van der Waals surface area contributed by atoms with Gasteiger partial charge in [-0.15, -0.1) is 0 Å². The average molecular weight is 320 g/mol. The maximum atomic E-state index is 12.3. The Kier molecular flexibility index (Phi) is 4.59. The fourth-order valence-electron chi connectivity index (χ4n) is 1.94. The van der Waals surface area contributed by atoms with Crippen LogP contribution < -0.4 is 5.32 Å². The Morgan fingerprint density at radius 1 is 1.16 bits per heavy atom. The van der Waals surface area contributed by atoms with Gasteiger partial charge in [0.25, 0.3) is 5.91 Å². The number of benzene rings is 2. The summed E-state index contributed by atoms with van der Waals surface area (Å²) in [5, 5.41) is 5.08. The number of rotatable bonds is 4. The van der Waals surface area contributed by atoms with Crippen molar-refractivity contribution in [2.75, 3.05) is 6.54 Å². The summed E-state index contributed by atoms with van der Waals surface area (Å²) in [6, 6.07) is 13.8. The molecule has 1 amide bonds. The first-order valence-corrected chi connectivity index (χ1v) is 7.41. The zero-order valence-electron chi connectivity index (χ0n) is 11.2. The highest BCUT2D eigenvalue weighted by Gasteiger charge is 2.13.